The Labute approximate surface area is 150 Å². The summed E-state index contributed by atoms with van der Waals surface area (Å²) >= 11 is 0. The number of ether oxygens (including phenoxy) is 1. The van der Waals surface area contributed by atoms with E-state index >= 15 is 0 Å². The number of guanidine groups is 1. The Bertz CT molecular complexity index is 609. The predicted molar refractivity (Wildman–Crippen MR) is 98.5 cm³/mol. The summed E-state index contributed by atoms with van der Waals surface area (Å²) in [6, 6.07) is 0.366. The second-order valence-corrected chi connectivity index (χ2v) is 7.67. The van der Waals surface area contributed by atoms with Gasteiger partial charge in [-0.05, 0) is 26.2 Å². The number of nitrogens with one attached hydrogen (secondary N) is 2. The number of rotatable bonds is 5. The highest BCUT2D eigenvalue weighted by Gasteiger charge is 2.48. The van der Waals surface area contributed by atoms with Gasteiger partial charge in [0.15, 0.2) is 11.8 Å². The molecule has 0 spiro atoms. The quantitative estimate of drug-likeness (QED) is 0.627. The molecule has 2 N–H and O–H groups in total. The normalized spacial score (nSPS) is 25.7. The van der Waals surface area contributed by atoms with Crippen LogP contribution >= 0.6 is 0 Å². The molecule has 0 radical (unpaired) electrons. The first kappa shape index (κ1) is 18.2. The van der Waals surface area contributed by atoms with Gasteiger partial charge in [0.25, 0.3) is 0 Å². The van der Waals surface area contributed by atoms with Crippen LogP contribution in [0.25, 0.3) is 0 Å². The molecule has 2 heterocycles. The number of hydrogen-bond donors (Lipinski definition) is 2. The Kier molecular flexibility index (Phi) is 5.61. The number of methoxy groups -OCH3 is 1. The molecule has 1 saturated carbocycles. The Morgan fingerprint density at radius 2 is 2.16 bits per heavy atom. The molecule has 2 aliphatic rings. The number of hydrogen-bond acceptors (Lipinski definition) is 4. The van der Waals surface area contributed by atoms with E-state index in [0.29, 0.717) is 18.7 Å². The van der Waals surface area contributed by atoms with Crippen molar-refractivity contribution in [1.82, 2.24) is 25.4 Å². The molecule has 2 atom stereocenters. The molecule has 25 heavy (non-hydrogen) atoms. The first-order valence-corrected chi connectivity index (χ1v) is 9.54. The highest BCUT2D eigenvalue weighted by atomic mass is 16.5. The summed E-state index contributed by atoms with van der Waals surface area (Å²) in [6.45, 7) is 8.98. The van der Waals surface area contributed by atoms with E-state index in [-0.39, 0.29) is 5.41 Å². The van der Waals surface area contributed by atoms with Crippen LogP contribution in [-0.4, -0.2) is 46.5 Å². The summed E-state index contributed by atoms with van der Waals surface area (Å²) in [5.41, 5.74) is 0.108. The van der Waals surface area contributed by atoms with Gasteiger partial charge in [0.2, 0.25) is 0 Å². The molecule has 1 aliphatic heterocycles. The molecular weight excluding hydrogens is 316 g/mol. The maximum absolute atomic E-state index is 5.54. The second-order valence-electron chi connectivity index (χ2n) is 7.67. The number of aromatic nitrogens is 3. The van der Waals surface area contributed by atoms with Gasteiger partial charge < -0.3 is 19.9 Å². The summed E-state index contributed by atoms with van der Waals surface area (Å²) < 4.78 is 7.80. The van der Waals surface area contributed by atoms with Crippen LogP contribution in [0.4, 0.5) is 0 Å². The van der Waals surface area contributed by atoms with Crippen LogP contribution in [-0.2, 0) is 24.2 Å². The molecule has 7 nitrogen and oxygen atoms in total. The van der Waals surface area contributed by atoms with Crippen molar-refractivity contribution in [3.8, 4) is 0 Å². The molecule has 1 aromatic heterocycles. The van der Waals surface area contributed by atoms with E-state index in [2.05, 4.69) is 46.2 Å². The van der Waals surface area contributed by atoms with Crippen LogP contribution in [0.2, 0.25) is 0 Å². The minimum absolute atomic E-state index is 0.108. The van der Waals surface area contributed by atoms with Crippen molar-refractivity contribution in [3.63, 3.8) is 0 Å². The van der Waals surface area contributed by atoms with Gasteiger partial charge in [0.1, 0.15) is 12.4 Å². The van der Waals surface area contributed by atoms with Gasteiger partial charge in [-0.3, -0.25) is 0 Å². The fraction of sp³-hybridized carbons (Fsp3) is 0.833. The second kappa shape index (κ2) is 7.72. The van der Waals surface area contributed by atoms with Gasteiger partial charge in [-0.1, -0.05) is 20.3 Å². The van der Waals surface area contributed by atoms with Gasteiger partial charge in [-0.2, -0.15) is 0 Å². The third kappa shape index (κ3) is 3.81. The number of nitrogens with zero attached hydrogens (tertiary/aromatic N) is 4. The average Bonchev–Trinajstić information content (AvgIpc) is 2.82. The van der Waals surface area contributed by atoms with Crippen molar-refractivity contribution in [2.45, 2.75) is 78.1 Å². The van der Waals surface area contributed by atoms with E-state index in [0.717, 1.165) is 43.5 Å². The van der Waals surface area contributed by atoms with Crippen molar-refractivity contribution in [2.24, 2.45) is 10.4 Å². The van der Waals surface area contributed by atoms with Crippen molar-refractivity contribution < 1.29 is 4.74 Å². The average molecular weight is 348 g/mol. The largest absolute Gasteiger partial charge is 0.381 e. The predicted octanol–water partition coefficient (Wildman–Crippen LogP) is 1.87. The van der Waals surface area contributed by atoms with Crippen molar-refractivity contribution in [2.75, 3.05) is 13.7 Å². The third-order valence-corrected chi connectivity index (χ3v) is 5.68. The van der Waals surface area contributed by atoms with E-state index in [1.807, 2.05) is 0 Å². The Balaban J connectivity index is 1.66. The van der Waals surface area contributed by atoms with E-state index in [1.165, 1.54) is 19.3 Å². The monoisotopic (exact) mass is 348 g/mol. The molecular formula is C18H32N6O. The fourth-order valence-electron chi connectivity index (χ4n) is 3.83. The summed E-state index contributed by atoms with van der Waals surface area (Å²) in [5.74, 6) is 2.93. The smallest absolute Gasteiger partial charge is 0.191 e. The molecule has 1 aromatic rings. The zero-order chi connectivity index (χ0) is 17.9. The van der Waals surface area contributed by atoms with E-state index in [1.54, 1.807) is 7.11 Å². The van der Waals surface area contributed by atoms with Crippen LogP contribution in [0.3, 0.4) is 0 Å². The van der Waals surface area contributed by atoms with E-state index in [4.69, 9.17) is 9.73 Å². The minimum atomic E-state index is 0.108. The van der Waals surface area contributed by atoms with Crippen molar-refractivity contribution >= 4 is 5.96 Å². The molecule has 140 valence electrons. The highest BCUT2D eigenvalue weighted by Crippen LogP contribution is 2.42. The third-order valence-electron chi connectivity index (χ3n) is 5.68. The SMILES string of the molecule is CCNC(=NCc1nnc2n1CCCCC2)NC1CC(OC)C1(C)C. The van der Waals surface area contributed by atoms with Crippen LogP contribution in [0.15, 0.2) is 4.99 Å². The van der Waals surface area contributed by atoms with Crippen molar-refractivity contribution in [1.29, 1.82) is 0 Å². The molecule has 2 unspecified atom stereocenters. The van der Waals surface area contributed by atoms with Gasteiger partial charge in [0.05, 0.1) is 6.10 Å². The lowest BCUT2D eigenvalue weighted by molar-refractivity contribution is -0.0922. The zero-order valence-electron chi connectivity index (χ0n) is 16.0. The van der Waals surface area contributed by atoms with Crippen LogP contribution in [0.5, 0.6) is 0 Å². The van der Waals surface area contributed by atoms with Gasteiger partial charge in [-0.15, -0.1) is 10.2 Å². The molecule has 1 fully saturated rings. The molecule has 0 amide bonds. The maximum Gasteiger partial charge on any atom is 0.191 e. The molecule has 1 aliphatic carbocycles. The molecule has 0 bridgehead atoms. The van der Waals surface area contributed by atoms with Crippen molar-refractivity contribution in [3.05, 3.63) is 11.6 Å². The summed E-state index contributed by atoms with van der Waals surface area (Å²) in [7, 11) is 1.79. The van der Waals surface area contributed by atoms with E-state index < -0.39 is 0 Å². The number of fused-ring (bicyclic) bond motifs is 1. The molecule has 7 heteroatoms. The number of aliphatic imine (C=N–C) groups is 1. The lowest BCUT2D eigenvalue weighted by Crippen LogP contribution is -2.63. The van der Waals surface area contributed by atoms with Gasteiger partial charge >= 0.3 is 0 Å². The standard InChI is InChI=1S/C18H32N6O/c1-5-19-17(21-13-11-14(25-4)18(13,2)3)20-12-16-23-22-15-9-7-6-8-10-24(15)16/h13-14H,5-12H2,1-4H3,(H2,19,20,21). The topological polar surface area (TPSA) is 76.4 Å². The van der Waals surface area contributed by atoms with Gasteiger partial charge in [-0.25, -0.2) is 4.99 Å². The highest BCUT2D eigenvalue weighted by molar-refractivity contribution is 5.80. The summed E-state index contributed by atoms with van der Waals surface area (Å²) in [5, 5.41) is 15.6. The molecule has 3 rings (SSSR count). The fourth-order valence-corrected chi connectivity index (χ4v) is 3.83. The Morgan fingerprint density at radius 1 is 1.32 bits per heavy atom. The van der Waals surface area contributed by atoms with Crippen LogP contribution in [0.1, 0.15) is 58.1 Å². The maximum atomic E-state index is 5.54. The van der Waals surface area contributed by atoms with Crippen LogP contribution in [0, 0.1) is 5.41 Å². The lowest BCUT2D eigenvalue weighted by atomic mass is 9.64. The van der Waals surface area contributed by atoms with Gasteiger partial charge in [0, 0.05) is 38.1 Å². The Hall–Kier alpha value is -1.63. The molecule has 0 aromatic carbocycles. The van der Waals surface area contributed by atoms with Crippen LogP contribution < -0.4 is 10.6 Å². The van der Waals surface area contributed by atoms with E-state index in [9.17, 15) is 0 Å². The first-order chi connectivity index (χ1) is 12.1. The zero-order valence-corrected chi connectivity index (χ0v) is 16.0. The minimum Gasteiger partial charge on any atom is -0.381 e. The summed E-state index contributed by atoms with van der Waals surface area (Å²) in [6.07, 6.45) is 6.03. The lowest BCUT2D eigenvalue weighted by Gasteiger charge is -2.51. The first-order valence-electron chi connectivity index (χ1n) is 9.54. The number of aryl methyl sites for hydroxylation is 1. The molecule has 0 saturated heterocycles. The Morgan fingerprint density at radius 3 is 2.88 bits per heavy atom. The summed E-state index contributed by atoms with van der Waals surface area (Å²) in [4.78, 5) is 4.76.